The highest BCUT2D eigenvalue weighted by atomic mass is 79.9. The SMILES string of the molecule is CC(C)(C)OC(=O)N1CCCC(Nc2cc(Br)cc(F)c2[N+](=O)[O-])C1. The third-order valence-corrected chi connectivity index (χ3v) is 4.10. The Labute approximate surface area is 153 Å². The van der Waals surface area contributed by atoms with Gasteiger partial charge in [-0.25, -0.2) is 4.79 Å². The van der Waals surface area contributed by atoms with Gasteiger partial charge in [0.25, 0.3) is 0 Å². The first-order valence-electron chi connectivity index (χ1n) is 7.95. The zero-order valence-corrected chi connectivity index (χ0v) is 15.9. The maximum Gasteiger partial charge on any atom is 0.410 e. The molecule has 1 unspecified atom stereocenters. The van der Waals surface area contributed by atoms with E-state index < -0.39 is 28.1 Å². The van der Waals surface area contributed by atoms with Crippen LogP contribution in [0, 0.1) is 15.9 Å². The molecule has 7 nitrogen and oxygen atoms in total. The maximum atomic E-state index is 13.9. The molecule has 0 aliphatic carbocycles. The summed E-state index contributed by atoms with van der Waals surface area (Å²) in [5, 5.41) is 14.1. The van der Waals surface area contributed by atoms with Crippen molar-refractivity contribution in [3.63, 3.8) is 0 Å². The number of hydrogen-bond donors (Lipinski definition) is 1. The molecule has 1 amide bonds. The quantitative estimate of drug-likeness (QED) is 0.584. The van der Waals surface area contributed by atoms with E-state index in [0.717, 1.165) is 12.5 Å². The van der Waals surface area contributed by atoms with Crippen LogP contribution in [0.15, 0.2) is 16.6 Å². The Balaban J connectivity index is 2.13. The number of ether oxygens (including phenoxy) is 1. The largest absolute Gasteiger partial charge is 0.444 e. The molecule has 1 N–H and O–H groups in total. The molecule has 0 bridgehead atoms. The first-order valence-corrected chi connectivity index (χ1v) is 8.74. The highest BCUT2D eigenvalue weighted by Crippen LogP contribution is 2.32. The molecule has 0 spiro atoms. The number of nitrogens with zero attached hydrogens (tertiary/aromatic N) is 2. The molecule has 25 heavy (non-hydrogen) atoms. The van der Waals surface area contributed by atoms with E-state index in [1.807, 2.05) is 0 Å². The molecule has 0 saturated carbocycles. The summed E-state index contributed by atoms with van der Waals surface area (Å²) >= 11 is 3.14. The van der Waals surface area contributed by atoms with Crippen LogP contribution in [0.4, 0.5) is 20.6 Å². The molecule has 1 aliphatic rings. The number of rotatable bonds is 3. The van der Waals surface area contributed by atoms with E-state index >= 15 is 0 Å². The zero-order chi connectivity index (χ0) is 18.8. The summed E-state index contributed by atoms with van der Waals surface area (Å²) in [6.45, 7) is 6.26. The minimum Gasteiger partial charge on any atom is -0.444 e. The van der Waals surface area contributed by atoms with Crippen molar-refractivity contribution in [2.45, 2.75) is 45.3 Å². The number of likely N-dealkylation sites (tertiary alicyclic amines) is 1. The molecule has 0 aromatic heterocycles. The fourth-order valence-corrected chi connectivity index (χ4v) is 3.10. The summed E-state index contributed by atoms with van der Waals surface area (Å²) in [4.78, 5) is 24.2. The summed E-state index contributed by atoms with van der Waals surface area (Å²) in [6, 6.07) is 2.29. The van der Waals surface area contributed by atoms with Gasteiger partial charge in [0.2, 0.25) is 5.82 Å². The summed E-state index contributed by atoms with van der Waals surface area (Å²) in [5.74, 6) is -0.915. The number of halogens is 2. The maximum absolute atomic E-state index is 13.9. The Hall–Kier alpha value is -1.90. The second kappa shape index (κ2) is 7.55. The van der Waals surface area contributed by atoms with Crippen molar-refractivity contribution in [3.05, 3.63) is 32.5 Å². The van der Waals surface area contributed by atoms with Crippen LogP contribution in [-0.2, 0) is 4.74 Å². The van der Waals surface area contributed by atoms with Crippen LogP contribution >= 0.6 is 15.9 Å². The second-order valence-electron chi connectivity index (χ2n) is 6.95. The number of nitrogens with one attached hydrogen (secondary N) is 1. The van der Waals surface area contributed by atoms with Crippen molar-refractivity contribution >= 4 is 33.4 Å². The van der Waals surface area contributed by atoms with Crippen molar-refractivity contribution < 1.29 is 18.8 Å². The number of benzene rings is 1. The predicted molar refractivity (Wildman–Crippen MR) is 95.2 cm³/mol. The van der Waals surface area contributed by atoms with E-state index in [0.29, 0.717) is 24.0 Å². The third kappa shape index (κ3) is 5.29. The van der Waals surface area contributed by atoms with Crippen LogP contribution in [0.5, 0.6) is 0 Å². The average molecular weight is 418 g/mol. The Bertz CT molecular complexity index is 678. The lowest BCUT2D eigenvalue weighted by molar-refractivity contribution is -0.386. The minimum absolute atomic E-state index is 0.0907. The van der Waals surface area contributed by atoms with E-state index in [1.54, 1.807) is 25.7 Å². The second-order valence-corrected chi connectivity index (χ2v) is 7.87. The van der Waals surface area contributed by atoms with Gasteiger partial charge in [-0.05, 0) is 45.7 Å². The Morgan fingerprint density at radius 1 is 1.48 bits per heavy atom. The van der Waals surface area contributed by atoms with Crippen LogP contribution in [0.2, 0.25) is 0 Å². The molecule has 1 heterocycles. The predicted octanol–water partition coefficient (Wildman–Crippen LogP) is 4.31. The number of carbonyl (C=O) groups is 1. The number of nitro benzene ring substituents is 1. The van der Waals surface area contributed by atoms with Gasteiger partial charge in [-0.1, -0.05) is 15.9 Å². The average Bonchev–Trinajstić information content (AvgIpc) is 2.44. The van der Waals surface area contributed by atoms with Crippen LogP contribution in [0.25, 0.3) is 0 Å². The van der Waals surface area contributed by atoms with Gasteiger partial charge < -0.3 is 15.0 Å². The highest BCUT2D eigenvalue weighted by molar-refractivity contribution is 9.10. The van der Waals surface area contributed by atoms with E-state index in [4.69, 9.17) is 4.74 Å². The first kappa shape index (κ1) is 19.4. The summed E-state index contributed by atoms with van der Waals surface area (Å²) in [7, 11) is 0. The molecule has 1 aliphatic heterocycles. The standard InChI is InChI=1S/C16H21BrFN3O4/c1-16(2,3)25-15(22)20-6-4-5-11(9-20)19-13-8-10(17)7-12(18)14(13)21(23)24/h7-8,11,19H,4-6,9H2,1-3H3. The van der Waals surface area contributed by atoms with Gasteiger partial charge in [0.05, 0.1) is 4.92 Å². The van der Waals surface area contributed by atoms with Gasteiger partial charge in [-0.15, -0.1) is 0 Å². The molecular formula is C16H21BrFN3O4. The number of amides is 1. The number of anilines is 1. The van der Waals surface area contributed by atoms with Crippen molar-refractivity contribution in [3.8, 4) is 0 Å². The number of hydrogen-bond acceptors (Lipinski definition) is 5. The van der Waals surface area contributed by atoms with Gasteiger partial charge in [0, 0.05) is 23.6 Å². The van der Waals surface area contributed by atoms with E-state index in [2.05, 4.69) is 21.2 Å². The Kier molecular flexibility index (Phi) is 5.87. The van der Waals surface area contributed by atoms with Crippen molar-refractivity contribution in [2.75, 3.05) is 18.4 Å². The van der Waals surface area contributed by atoms with Crippen LogP contribution in [0.3, 0.4) is 0 Å². The van der Waals surface area contributed by atoms with Gasteiger partial charge in [-0.3, -0.25) is 10.1 Å². The smallest absolute Gasteiger partial charge is 0.410 e. The fourth-order valence-electron chi connectivity index (χ4n) is 2.67. The van der Waals surface area contributed by atoms with Crippen molar-refractivity contribution in [1.82, 2.24) is 4.90 Å². The van der Waals surface area contributed by atoms with E-state index in [9.17, 15) is 19.3 Å². The zero-order valence-electron chi connectivity index (χ0n) is 14.3. The summed E-state index contributed by atoms with van der Waals surface area (Å²) in [5.41, 5.74) is -1.10. The normalized spacial score (nSPS) is 18.0. The van der Waals surface area contributed by atoms with E-state index in [-0.39, 0.29) is 11.7 Å². The summed E-state index contributed by atoms with van der Waals surface area (Å²) in [6.07, 6.45) is 1.01. The van der Waals surface area contributed by atoms with Gasteiger partial charge in [-0.2, -0.15) is 4.39 Å². The molecule has 2 rings (SSSR count). The van der Waals surface area contributed by atoms with Gasteiger partial charge >= 0.3 is 11.8 Å². The lowest BCUT2D eigenvalue weighted by atomic mass is 10.1. The minimum atomic E-state index is -0.915. The summed E-state index contributed by atoms with van der Waals surface area (Å²) < 4.78 is 19.7. The lowest BCUT2D eigenvalue weighted by Crippen LogP contribution is -2.47. The Morgan fingerprint density at radius 2 is 2.16 bits per heavy atom. The molecule has 1 saturated heterocycles. The number of nitro groups is 1. The van der Waals surface area contributed by atoms with Crippen LogP contribution in [-0.4, -0.2) is 40.6 Å². The van der Waals surface area contributed by atoms with Crippen molar-refractivity contribution in [2.24, 2.45) is 0 Å². The molecule has 1 fully saturated rings. The van der Waals surface area contributed by atoms with Gasteiger partial charge in [0.15, 0.2) is 0 Å². The Morgan fingerprint density at radius 3 is 2.76 bits per heavy atom. The highest BCUT2D eigenvalue weighted by Gasteiger charge is 2.29. The molecule has 0 radical (unpaired) electrons. The molecule has 1 aromatic rings. The van der Waals surface area contributed by atoms with Crippen LogP contribution in [0.1, 0.15) is 33.6 Å². The fraction of sp³-hybridized carbons (Fsp3) is 0.562. The monoisotopic (exact) mass is 417 g/mol. The first-order chi connectivity index (χ1) is 11.6. The van der Waals surface area contributed by atoms with Crippen LogP contribution < -0.4 is 5.32 Å². The molecular weight excluding hydrogens is 397 g/mol. The molecule has 1 atom stereocenters. The lowest BCUT2D eigenvalue weighted by Gasteiger charge is -2.34. The molecule has 9 heteroatoms. The topological polar surface area (TPSA) is 84.7 Å². The third-order valence-electron chi connectivity index (χ3n) is 3.64. The van der Waals surface area contributed by atoms with Gasteiger partial charge in [0.1, 0.15) is 11.3 Å². The molecule has 138 valence electrons. The number of carbonyl (C=O) groups excluding carboxylic acids is 1. The van der Waals surface area contributed by atoms with E-state index in [1.165, 1.54) is 6.07 Å². The number of piperidine rings is 1. The molecule has 1 aromatic carbocycles. The van der Waals surface area contributed by atoms with Crippen molar-refractivity contribution in [1.29, 1.82) is 0 Å².